The van der Waals surface area contributed by atoms with Crippen LogP contribution in [-0.4, -0.2) is 37.3 Å². The Balaban J connectivity index is 0.000000168. The Morgan fingerprint density at radius 2 is 1.90 bits per heavy atom. The Morgan fingerprint density at radius 3 is 2.67 bits per heavy atom. The zero-order valence-electron chi connectivity index (χ0n) is 16.4. The number of hydrogen-bond acceptors (Lipinski definition) is 6. The van der Waals surface area contributed by atoms with Gasteiger partial charge in [-0.25, -0.2) is 23.7 Å². The Kier molecular flexibility index (Phi) is 5.30. The molecule has 4 aromatic rings. The maximum absolute atomic E-state index is 12.7. The number of aryl methyl sites for hydroxylation is 2. The summed E-state index contributed by atoms with van der Waals surface area (Å²) >= 11 is 0. The highest BCUT2D eigenvalue weighted by molar-refractivity contribution is 5.92. The van der Waals surface area contributed by atoms with Gasteiger partial charge in [0.2, 0.25) is 5.76 Å². The molecule has 5 rings (SSSR count). The number of amides is 1. The van der Waals surface area contributed by atoms with E-state index in [0.29, 0.717) is 19.5 Å². The van der Waals surface area contributed by atoms with E-state index in [4.69, 9.17) is 8.83 Å². The van der Waals surface area contributed by atoms with Gasteiger partial charge in [0.1, 0.15) is 5.52 Å². The number of oxazole rings is 2. The number of rotatable bonds is 2. The van der Waals surface area contributed by atoms with Crippen molar-refractivity contribution in [3.8, 4) is 0 Å². The quantitative estimate of drug-likeness (QED) is 0.531. The van der Waals surface area contributed by atoms with Crippen LogP contribution in [0.25, 0.3) is 11.1 Å². The van der Waals surface area contributed by atoms with Crippen molar-refractivity contribution in [3.05, 3.63) is 65.2 Å². The highest BCUT2D eigenvalue weighted by Gasteiger charge is 2.30. The summed E-state index contributed by atoms with van der Waals surface area (Å²) in [5, 5.41) is 0. The Hall–Kier alpha value is -3.56. The van der Waals surface area contributed by atoms with E-state index in [2.05, 4.69) is 26.0 Å². The fourth-order valence-corrected chi connectivity index (χ4v) is 3.31. The van der Waals surface area contributed by atoms with E-state index in [1.54, 1.807) is 6.33 Å². The average Bonchev–Trinajstić information content (AvgIpc) is 3.49. The van der Waals surface area contributed by atoms with Crippen LogP contribution < -0.4 is 0 Å². The average molecular weight is 415 g/mol. The molecule has 0 fully saturated rings. The molecular weight excluding hydrogens is 396 g/mol. The molecule has 0 bridgehead atoms. The zero-order chi connectivity index (χ0) is 21.3. The van der Waals surface area contributed by atoms with Gasteiger partial charge in [-0.1, -0.05) is 12.1 Å². The van der Waals surface area contributed by atoms with Gasteiger partial charge in [0, 0.05) is 13.0 Å². The van der Waals surface area contributed by atoms with E-state index in [1.165, 1.54) is 16.9 Å². The monoisotopic (exact) mass is 415 g/mol. The van der Waals surface area contributed by atoms with Crippen LogP contribution in [0.3, 0.4) is 0 Å². The van der Waals surface area contributed by atoms with Crippen LogP contribution in [0.5, 0.6) is 0 Å². The number of halogens is 2. The maximum Gasteiger partial charge on any atom is 0.292 e. The third kappa shape index (κ3) is 3.68. The minimum absolute atomic E-state index is 0.303. The number of imidazole rings is 1. The first-order valence-electron chi connectivity index (χ1n) is 9.27. The molecule has 1 amide bonds. The summed E-state index contributed by atoms with van der Waals surface area (Å²) < 4.78 is 35.4. The van der Waals surface area contributed by atoms with Crippen molar-refractivity contribution < 1.29 is 22.4 Å². The summed E-state index contributed by atoms with van der Waals surface area (Å²) in [4.78, 5) is 28.1. The van der Waals surface area contributed by atoms with E-state index >= 15 is 0 Å². The molecule has 1 aliphatic rings. The van der Waals surface area contributed by atoms with Crippen molar-refractivity contribution >= 4 is 17.0 Å². The lowest BCUT2D eigenvalue weighted by Crippen LogP contribution is -2.36. The number of nitrogens with one attached hydrogen (secondary N) is 1. The molecule has 4 heterocycles. The molecule has 0 saturated heterocycles. The minimum Gasteiger partial charge on any atom is -0.443 e. The van der Waals surface area contributed by atoms with Crippen LogP contribution >= 0.6 is 0 Å². The number of aromatic nitrogens is 4. The number of H-pyrrole nitrogens is 1. The first kappa shape index (κ1) is 19.7. The van der Waals surface area contributed by atoms with Gasteiger partial charge in [0.25, 0.3) is 12.3 Å². The molecule has 10 heteroatoms. The molecule has 0 atom stereocenters. The third-order valence-corrected chi connectivity index (χ3v) is 4.94. The predicted molar refractivity (Wildman–Crippen MR) is 102 cm³/mol. The largest absolute Gasteiger partial charge is 0.443 e. The van der Waals surface area contributed by atoms with E-state index in [1.807, 2.05) is 19.9 Å². The summed E-state index contributed by atoms with van der Waals surface area (Å²) in [7, 11) is 0. The van der Waals surface area contributed by atoms with E-state index in [-0.39, 0.29) is 0 Å². The number of alkyl halides is 2. The molecule has 3 aromatic heterocycles. The molecule has 0 spiro atoms. The van der Waals surface area contributed by atoms with Crippen LogP contribution in [0, 0.1) is 13.8 Å². The Labute approximate surface area is 169 Å². The Morgan fingerprint density at radius 1 is 1.13 bits per heavy atom. The summed E-state index contributed by atoms with van der Waals surface area (Å²) in [5.74, 6) is -0.967. The molecule has 30 heavy (non-hydrogen) atoms. The molecule has 8 nitrogen and oxygen atoms in total. The number of benzene rings is 1. The molecule has 0 unspecified atom stereocenters. The molecule has 0 radical (unpaired) electrons. The molecule has 0 aliphatic carbocycles. The number of aromatic amines is 1. The fourth-order valence-electron chi connectivity index (χ4n) is 3.31. The maximum atomic E-state index is 12.7. The van der Waals surface area contributed by atoms with Crippen molar-refractivity contribution in [2.45, 2.75) is 33.2 Å². The van der Waals surface area contributed by atoms with Gasteiger partial charge in [0.15, 0.2) is 24.1 Å². The number of nitrogens with zero attached hydrogens (tertiary/aromatic N) is 4. The van der Waals surface area contributed by atoms with Gasteiger partial charge in [-0.2, -0.15) is 0 Å². The molecule has 1 N–H and O–H groups in total. The topological polar surface area (TPSA) is 101 Å². The van der Waals surface area contributed by atoms with Crippen molar-refractivity contribution in [2.24, 2.45) is 0 Å². The second kappa shape index (κ2) is 8.05. The molecule has 1 aliphatic heterocycles. The lowest BCUT2D eigenvalue weighted by Gasteiger charge is -2.25. The van der Waals surface area contributed by atoms with Crippen LogP contribution in [-0.2, 0) is 13.0 Å². The van der Waals surface area contributed by atoms with Crippen molar-refractivity contribution in [1.29, 1.82) is 0 Å². The highest BCUT2D eigenvalue weighted by atomic mass is 19.3. The van der Waals surface area contributed by atoms with Gasteiger partial charge in [-0.3, -0.25) is 4.79 Å². The van der Waals surface area contributed by atoms with E-state index in [9.17, 15) is 13.6 Å². The molecule has 156 valence electrons. The number of carbonyl (C=O) groups excluding carboxylic acids is 1. The summed E-state index contributed by atoms with van der Waals surface area (Å²) in [6, 6.07) is 4.10. The first-order valence-corrected chi connectivity index (χ1v) is 9.27. The second-order valence-corrected chi connectivity index (χ2v) is 6.90. The third-order valence-electron chi connectivity index (χ3n) is 4.94. The smallest absolute Gasteiger partial charge is 0.292 e. The summed E-state index contributed by atoms with van der Waals surface area (Å²) in [6.45, 7) is 4.77. The SMILES string of the molecule is Cc1ccc(C)c2ocnc12.O=C(c1ocnc1C(F)F)N1CCc2nc[nH]c2C1. The van der Waals surface area contributed by atoms with Crippen molar-refractivity contribution in [2.75, 3.05) is 6.54 Å². The highest BCUT2D eigenvalue weighted by Crippen LogP contribution is 2.24. The van der Waals surface area contributed by atoms with Gasteiger partial charge >= 0.3 is 0 Å². The van der Waals surface area contributed by atoms with Gasteiger partial charge < -0.3 is 18.7 Å². The number of carbonyl (C=O) groups is 1. The van der Waals surface area contributed by atoms with Crippen molar-refractivity contribution in [1.82, 2.24) is 24.8 Å². The van der Waals surface area contributed by atoms with Crippen LogP contribution in [0.15, 0.2) is 40.1 Å². The van der Waals surface area contributed by atoms with Gasteiger partial charge in [-0.15, -0.1) is 0 Å². The van der Waals surface area contributed by atoms with Gasteiger partial charge in [0.05, 0.1) is 24.3 Å². The van der Waals surface area contributed by atoms with Crippen LogP contribution in [0.2, 0.25) is 0 Å². The normalized spacial score (nSPS) is 13.3. The minimum atomic E-state index is -2.83. The number of hydrogen-bond donors (Lipinski definition) is 1. The predicted octanol–water partition coefficient (Wildman–Crippen LogP) is 3.98. The van der Waals surface area contributed by atoms with Gasteiger partial charge in [-0.05, 0) is 25.0 Å². The Bertz CT molecular complexity index is 1140. The molecular formula is C20H19F2N5O3. The fraction of sp³-hybridized carbons (Fsp3) is 0.300. The second-order valence-electron chi connectivity index (χ2n) is 6.90. The standard InChI is InChI=1S/C11H10F2N4O2.C9H9NO/c12-10(13)8-9(19-5-16-8)11(18)17-2-1-6-7(3-17)15-4-14-6;1-6-3-4-7(2)9-8(6)10-5-11-9/h4-5,10H,1-3H2,(H,14,15);3-5H,1-2H3. The lowest BCUT2D eigenvalue weighted by atomic mass is 10.1. The van der Waals surface area contributed by atoms with Crippen LogP contribution in [0.4, 0.5) is 8.78 Å². The van der Waals surface area contributed by atoms with Crippen molar-refractivity contribution in [3.63, 3.8) is 0 Å². The van der Waals surface area contributed by atoms with E-state index in [0.717, 1.165) is 34.4 Å². The first-order chi connectivity index (χ1) is 14.5. The lowest BCUT2D eigenvalue weighted by molar-refractivity contribution is 0.0683. The zero-order valence-corrected chi connectivity index (χ0v) is 16.4. The molecule has 1 aromatic carbocycles. The van der Waals surface area contributed by atoms with Crippen LogP contribution in [0.1, 0.15) is 45.2 Å². The summed E-state index contributed by atoms with van der Waals surface area (Å²) in [6.07, 6.45) is 1.66. The molecule has 0 saturated carbocycles. The number of fused-ring (bicyclic) bond motifs is 2. The van der Waals surface area contributed by atoms with E-state index < -0.39 is 23.8 Å². The summed E-state index contributed by atoms with van der Waals surface area (Å²) in [5.41, 5.74) is 5.30.